The molecule has 4 fully saturated rings. The van der Waals surface area contributed by atoms with Crippen molar-refractivity contribution in [2.24, 2.45) is 10.9 Å². The summed E-state index contributed by atoms with van der Waals surface area (Å²) in [4.78, 5) is 19.5. The Morgan fingerprint density at radius 1 is 1.27 bits per heavy atom. The first-order valence-electron chi connectivity index (χ1n) is 9.66. The number of alkyl halides is 2. The van der Waals surface area contributed by atoms with E-state index in [9.17, 15) is 13.6 Å². The molecular formula is C18H28F2N4OS. The van der Waals surface area contributed by atoms with Crippen molar-refractivity contribution in [2.75, 3.05) is 19.6 Å². The van der Waals surface area contributed by atoms with Gasteiger partial charge in [-0.25, -0.2) is 13.8 Å². The van der Waals surface area contributed by atoms with Crippen LogP contribution in [0.15, 0.2) is 4.99 Å². The van der Waals surface area contributed by atoms with Gasteiger partial charge in [0.1, 0.15) is 10.4 Å². The third-order valence-corrected chi connectivity index (χ3v) is 7.80. The minimum absolute atomic E-state index is 0.0182. The highest BCUT2D eigenvalue weighted by Crippen LogP contribution is 2.44. The van der Waals surface area contributed by atoms with Gasteiger partial charge in [-0.05, 0) is 52.0 Å². The summed E-state index contributed by atoms with van der Waals surface area (Å²) in [5, 5.41) is 7.25. The predicted octanol–water partition coefficient (Wildman–Crippen LogP) is 2.57. The number of aliphatic imine (C=N–C) groups is 1. The SMILES string of the molecule is CC1(CCN2CCC(F)(F)CC2)SC(=NC2(C)NC3CCC2C3)NC1=O. The summed E-state index contributed by atoms with van der Waals surface area (Å²) >= 11 is 1.50. The van der Waals surface area contributed by atoms with Crippen LogP contribution in [0.3, 0.4) is 0 Å². The molecule has 4 rings (SSSR count). The molecule has 4 unspecified atom stereocenters. The zero-order valence-electron chi connectivity index (χ0n) is 15.5. The lowest BCUT2D eigenvalue weighted by molar-refractivity contribution is -0.121. The Hall–Kier alpha value is -0.730. The lowest BCUT2D eigenvalue weighted by atomic mass is 9.95. The Morgan fingerprint density at radius 3 is 2.62 bits per heavy atom. The third kappa shape index (κ3) is 3.52. The fourth-order valence-electron chi connectivity index (χ4n) is 4.69. The van der Waals surface area contributed by atoms with Gasteiger partial charge >= 0.3 is 0 Å². The van der Waals surface area contributed by atoms with Crippen LogP contribution in [0.1, 0.15) is 52.4 Å². The summed E-state index contributed by atoms with van der Waals surface area (Å²) in [5.41, 5.74) is -0.276. The summed E-state index contributed by atoms with van der Waals surface area (Å²) in [6.07, 6.45) is 4.06. The number of piperidine rings is 2. The summed E-state index contributed by atoms with van der Waals surface area (Å²) in [7, 11) is 0. The summed E-state index contributed by atoms with van der Waals surface area (Å²) < 4.78 is 26.0. The second-order valence-electron chi connectivity index (χ2n) is 8.65. The minimum atomic E-state index is -2.52. The van der Waals surface area contributed by atoms with Gasteiger partial charge in [-0.2, -0.15) is 0 Å². The first-order valence-corrected chi connectivity index (χ1v) is 10.5. The molecule has 26 heavy (non-hydrogen) atoms. The number of hydrogen-bond acceptors (Lipinski definition) is 5. The molecule has 1 amide bonds. The molecule has 146 valence electrons. The van der Waals surface area contributed by atoms with Crippen LogP contribution < -0.4 is 10.6 Å². The third-order valence-electron chi connectivity index (χ3n) is 6.57. The number of nitrogens with zero attached hydrogens (tertiary/aromatic N) is 2. The topological polar surface area (TPSA) is 56.7 Å². The van der Waals surface area contributed by atoms with E-state index in [4.69, 9.17) is 4.99 Å². The van der Waals surface area contributed by atoms with Crippen molar-refractivity contribution in [3.8, 4) is 0 Å². The van der Waals surface area contributed by atoms with Gasteiger partial charge in [0.05, 0.1) is 0 Å². The average Bonchev–Trinajstić information content (AvgIpc) is 3.20. The second kappa shape index (κ2) is 6.41. The molecule has 0 aromatic heterocycles. The number of carbonyl (C=O) groups is 1. The van der Waals surface area contributed by atoms with E-state index in [2.05, 4.69) is 17.6 Å². The van der Waals surface area contributed by atoms with E-state index in [0.717, 1.165) is 0 Å². The maximum atomic E-state index is 13.3. The normalized spacial score (nSPS) is 44.0. The van der Waals surface area contributed by atoms with Crippen molar-refractivity contribution in [3.05, 3.63) is 0 Å². The Bertz CT molecular complexity index is 620. The van der Waals surface area contributed by atoms with E-state index in [0.29, 0.717) is 43.2 Å². The van der Waals surface area contributed by atoms with Gasteiger partial charge in [-0.15, -0.1) is 0 Å². The number of nitrogens with one attached hydrogen (secondary N) is 2. The molecule has 0 aromatic carbocycles. The summed E-state index contributed by atoms with van der Waals surface area (Å²) in [6.45, 7) is 5.54. The quantitative estimate of drug-likeness (QED) is 0.780. The molecule has 2 bridgehead atoms. The van der Waals surface area contributed by atoms with Crippen molar-refractivity contribution in [1.82, 2.24) is 15.5 Å². The van der Waals surface area contributed by atoms with Gasteiger partial charge in [0.25, 0.3) is 5.92 Å². The van der Waals surface area contributed by atoms with Crippen LogP contribution in [-0.4, -0.2) is 58.0 Å². The number of hydrogen-bond donors (Lipinski definition) is 2. The first kappa shape index (κ1) is 18.6. The number of fused-ring (bicyclic) bond motifs is 2. The van der Waals surface area contributed by atoms with Crippen LogP contribution in [-0.2, 0) is 4.79 Å². The van der Waals surface area contributed by atoms with Crippen molar-refractivity contribution in [1.29, 1.82) is 0 Å². The van der Waals surface area contributed by atoms with Crippen LogP contribution in [0.2, 0.25) is 0 Å². The van der Waals surface area contributed by atoms with Gasteiger partial charge in [-0.1, -0.05) is 11.8 Å². The minimum Gasteiger partial charge on any atom is -0.304 e. The highest BCUT2D eigenvalue weighted by atomic mass is 32.2. The van der Waals surface area contributed by atoms with Crippen LogP contribution in [0, 0.1) is 5.92 Å². The van der Waals surface area contributed by atoms with Crippen LogP contribution >= 0.6 is 11.8 Å². The van der Waals surface area contributed by atoms with Gasteiger partial charge < -0.3 is 10.2 Å². The maximum absolute atomic E-state index is 13.3. The fourth-order valence-corrected chi connectivity index (χ4v) is 5.84. The Labute approximate surface area is 157 Å². The fraction of sp³-hybridized carbons (Fsp3) is 0.889. The standard InChI is InChI=1S/C18H28F2N4OS/c1-16(5-8-24-9-6-18(19,20)7-10-24)14(25)21-15(26-16)23-17(2)12-3-4-13(11-12)22-17/h12-13,22H,3-11H2,1-2H3,(H,21,23,25). The van der Waals surface area contributed by atoms with Crippen molar-refractivity contribution >= 4 is 22.8 Å². The molecule has 5 nitrogen and oxygen atoms in total. The first-order chi connectivity index (χ1) is 12.2. The second-order valence-corrected chi connectivity index (χ2v) is 10.1. The number of rotatable bonds is 4. The Morgan fingerprint density at radius 2 is 2.00 bits per heavy atom. The Kier molecular flexibility index (Phi) is 4.59. The highest BCUT2D eigenvalue weighted by Gasteiger charge is 2.50. The van der Waals surface area contributed by atoms with Gasteiger partial charge in [0.2, 0.25) is 5.91 Å². The molecule has 3 aliphatic heterocycles. The molecule has 4 atom stereocenters. The zero-order chi connectivity index (χ0) is 18.6. The van der Waals surface area contributed by atoms with Gasteiger partial charge in [0.15, 0.2) is 5.17 Å². The molecule has 3 saturated heterocycles. The summed E-state index contributed by atoms with van der Waals surface area (Å²) in [6, 6.07) is 0.556. The predicted molar refractivity (Wildman–Crippen MR) is 99.5 cm³/mol. The molecule has 1 aliphatic carbocycles. The van der Waals surface area contributed by atoms with Gasteiger partial charge in [-0.3, -0.25) is 10.1 Å². The number of carbonyl (C=O) groups excluding carboxylic acids is 1. The van der Waals surface area contributed by atoms with E-state index in [1.54, 1.807) is 0 Å². The average molecular weight is 387 g/mol. The molecule has 4 aliphatic rings. The lowest BCUT2D eigenvalue weighted by Gasteiger charge is -2.33. The lowest BCUT2D eigenvalue weighted by Crippen LogP contribution is -2.46. The molecule has 0 spiro atoms. The number of halogens is 2. The highest BCUT2D eigenvalue weighted by molar-refractivity contribution is 8.16. The molecular weight excluding hydrogens is 358 g/mol. The zero-order valence-corrected chi connectivity index (χ0v) is 16.3. The van der Waals surface area contributed by atoms with Gasteiger partial charge in [0, 0.05) is 32.0 Å². The van der Waals surface area contributed by atoms with Crippen molar-refractivity contribution < 1.29 is 13.6 Å². The molecule has 0 radical (unpaired) electrons. The number of likely N-dealkylation sites (tertiary alicyclic amines) is 1. The Balaban J connectivity index is 1.36. The van der Waals surface area contributed by atoms with E-state index in [-0.39, 0.29) is 24.4 Å². The molecule has 8 heteroatoms. The maximum Gasteiger partial charge on any atom is 0.250 e. The molecule has 1 saturated carbocycles. The molecule has 3 heterocycles. The van der Waals surface area contributed by atoms with Crippen LogP contribution in [0.5, 0.6) is 0 Å². The number of amides is 1. The van der Waals surface area contributed by atoms with Crippen molar-refractivity contribution in [2.45, 2.75) is 74.7 Å². The largest absolute Gasteiger partial charge is 0.304 e. The molecule has 0 aromatic rings. The number of thioether (sulfide) groups is 1. The van der Waals surface area contributed by atoms with E-state index >= 15 is 0 Å². The van der Waals surface area contributed by atoms with Crippen molar-refractivity contribution in [3.63, 3.8) is 0 Å². The van der Waals surface area contributed by atoms with E-state index < -0.39 is 10.7 Å². The summed E-state index contributed by atoms with van der Waals surface area (Å²) in [5.74, 6) is -2.00. The van der Waals surface area contributed by atoms with Crippen LogP contribution in [0.4, 0.5) is 8.78 Å². The number of amidine groups is 1. The monoisotopic (exact) mass is 386 g/mol. The smallest absolute Gasteiger partial charge is 0.250 e. The van der Waals surface area contributed by atoms with E-state index in [1.807, 2.05) is 11.8 Å². The van der Waals surface area contributed by atoms with Crippen LogP contribution in [0.25, 0.3) is 0 Å². The molecule has 2 N–H and O–H groups in total. The van der Waals surface area contributed by atoms with E-state index in [1.165, 1.54) is 31.0 Å².